The zero-order valence-electron chi connectivity index (χ0n) is 11.1. The van der Waals surface area contributed by atoms with Crippen LogP contribution in [0.3, 0.4) is 0 Å². The van der Waals surface area contributed by atoms with Gasteiger partial charge < -0.3 is 15.4 Å². The molecule has 1 aliphatic heterocycles. The highest BCUT2D eigenvalue weighted by Crippen LogP contribution is 2.29. The van der Waals surface area contributed by atoms with Gasteiger partial charge in [0.15, 0.2) is 5.82 Å². The average molecular weight is 326 g/mol. The Morgan fingerprint density at radius 3 is 2.57 bits per heavy atom. The van der Waals surface area contributed by atoms with Gasteiger partial charge in [0.2, 0.25) is 11.9 Å². The third-order valence-corrected chi connectivity index (χ3v) is 3.65. The predicted octanol–water partition coefficient (Wildman–Crippen LogP) is 2.26. The highest BCUT2D eigenvalue weighted by molar-refractivity contribution is 6.36. The van der Waals surface area contributed by atoms with Crippen LogP contribution in [0.25, 0.3) is 11.4 Å². The van der Waals surface area contributed by atoms with E-state index in [4.69, 9.17) is 33.7 Å². The van der Waals surface area contributed by atoms with Crippen molar-refractivity contribution < 1.29 is 4.74 Å². The molecular formula is C13H13Cl2N5O. The molecule has 2 aromatic rings. The number of halogens is 2. The molecule has 1 fully saturated rings. The first-order valence-corrected chi connectivity index (χ1v) is 7.19. The van der Waals surface area contributed by atoms with E-state index in [2.05, 4.69) is 15.0 Å². The monoisotopic (exact) mass is 325 g/mol. The number of nitrogens with zero attached hydrogens (tertiary/aromatic N) is 4. The van der Waals surface area contributed by atoms with Crippen LogP contribution in [0.4, 0.5) is 11.9 Å². The lowest BCUT2D eigenvalue weighted by Crippen LogP contribution is -2.37. The summed E-state index contributed by atoms with van der Waals surface area (Å²) in [6, 6.07) is 5.15. The van der Waals surface area contributed by atoms with E-state index in [1.165, 1.54) is 0 Å². The molecule has 1 aliphatic rings. The fourth-order valence-corrected chi connectivity index (χ4v) is 2.57. The smallest absolute Gasteiger partial charge is 0.230 e. The zero-order valence-corrected chi connectivity index (χ0v) is 12.6. The van der Waals surface area contributed by atoms with Crippen molar-refractivity contribution in [1.29, 1.82) is 0 Å². The number of aromatic nitrogens is 3. The Kier molecular flexibility index (Phi) is 4.10. The molecule has 1 aromatic heterocycles. The quantitative estimate of drug-likeness (QED) is 0.912. The molecule has 0 saturated carbocycles. The Morgan fingerprint density at radius 1 is 1.10 bits per heavy atom. The molecule has 0 spiro atoms. The van der Waals surface area contributed by atoms with E-state index in [0.717, 1.165) is 13.1 Å². The van der Waals surface area contributed by atoms with Crippen LogP contribution < -0.4 is 10.6 Å². The summed E-state index contributed by atoms with van der Waals surface area (Å²) in [5.74, 6) is 1.13. The molecule has 0 aliphatic carbocycles. The van der Waals surface area contributed by atoms with Crippen LogP contribution in [0.5, 0.6) is 0 Å². The van der Waals surface area contributed by atoms with Gasteiger partial charge in [0.25, 0.3) is 0 Å². The van der Waals surface area contributed by atoms with Gasteiger partial charge in [0.1, 0.15) is 0 Å². The van der Waals surface area contributed by atoms with Gasteiger partial charge >= 0.3 is 0 Å². The zero-order chi connectivity index (χ0) is 14.8. The second-order valence-electron chi connectivity index (χ2n) is 4.54. The molecule has 0 radical (unpaired) electrons. The Labute approximate surface area is 131 Å². The molecule has 0 atom stereocenters. The Balaban J connectivity index is 2.00. The fraction of sp³-hybridized carbons (Fsp3) is 0.308. The molecule has 21 heavy (non-hydrogen) atoms. The van der Waals surface area contributed by atoms with Crippen LogP contribution in [-0.4, -0.2) is 41.3 Å². The molecule has 1 saturated heterocycles. The van der Waals surface area contributed by atoms with E-state index in [9.17, 15) is 0 Å². The molecule has 2 N–H and O–H groups in total. The molecule has 110 valence electrons. The highest BCUT2D eigenvalue weighted by atomic mass is 35.5. The van der Waals surface area contributed by atoms with E-state index >= 15 is 0 Å². The minimum absolute atomic E-state index is 0.160. The standard InChI is InChI=1S/C13H13Cl2N5O/c14-8-1-2-9(10(15)7-8)11-17-12(16)19-13(18-11)20-3-5-21-6-4-20/h1-2,7H,3-6H2,(H2,16,17,18,19). The first-order chi connectivity index (χ1) is 10.1. The van der Waals surface area contributed by atoms with Crippen molar-refractivity contribution in [2.75, 3.05) is 36.9 Å². The number of morpholine rings is 1. The van der Waals surface area contributed by atoms with E-state index in [0.29, 0.717) is 40.6 Å². The predicted molar refractivity (Wildman–Crippen MR) is 82.7 cm³/mol. The lowest BCUT2D eigenvalue weighted by molar-refractivity contribution is 0.122. The maximum absolute atomic E-state index is 6.20. The minimum atomic E-state index is 0.160. The third-order valence-electron chi connectivity index (χ3n) is 3.11. The van der Waals surface area contributed by atoms with Gasteiger partial charge in [-0.3, -0.25) is 0 Å². The van der Waals surface area contributed by atoms with Crippen LogP contribution in [0.1, 0.15) is 0 Å². The van der Waals surface area contributed by atoms with Gasteiger partial charge in [-0.25, -0.2) is 0 Å². The number of hydrogen-bond donors (Lipinski definition) is 1. The molecule has 0 bridgehead atoms. The second-order valence-corrected chi connectivity index (χ2v) is 5.38. The number of benzene rings is 1. The molecule has 8 heteroatoms. The summed E-state index contributed by atoms with van der Waals surface area (Å²) in [6.07, 6.45) is 0. The van der Waals surface area contributed by atoms with Crippen molar-refractivity contribution in [3.8, 4) is 11.4 Å². The Hall–Kier alpha value is -1.63. The summed E-state index contributed by atoms with van der Waals surface area (Å²) in [5, 5.41) is 1.03. The molecule has 3 rings (SSSR count). The number of ether oxygens (including phenoxy) is 1. The Morgan fingerprint density at radius 2 is 1.86 bits per heavy atom. The minimum Gasteiger partial charge on any atom is -0.378 e. The fourth-order valence-electron chi connectivity index (χ4n) is 2.08. The van der Waals surface area contributed by atoms with Crippen molar-refractivity contribution in [3.05, 3.63) is 28.2 Å². The van der Waals surface area contributed by atoms with Crippen molar-refractivity contribution in [3.63, 3.8) is 0 Å². The van der Waals surface area contributed by atoms with Crippen LogP contribution >= 0.6 is 23.2 Å². The van der Waals surface area contributed by atoms with E-state index in [1.54, 1.807) is 18.2 Å². The van der Waals surface area contributed by atoms with Crippen LogP contribution in [0.2, 0.25) is 10.0 Å². The van der Waals surface area contributed by atoms with E-state index in [1.807, 2.05) is 4.90 Å². The van der Waals surface area contributed by atoms with Gasteiger partial charge in [-0.2, -0.15) is 15.0 Å². The molecular weight excluding hydrogens is 313 g/mol. The van der Waals surface area contributed by atoms with Gasteiger partial charge in [-0.05, 0) is 18.2 Å². The molecule has 6 nitrogen and oxygen atoms in total. The SMILES string of the molecule is Nc1nc(-c2ccc(Cl)cc2Cl)nc(N2CCOCC2)n1. The Bertz CT molecular complexity index is 661. The topological polar surface area (TPSA) is 77.2 Å². The lowest BCUT2D eigenvalue weighted by Gasteiger charge is -2.26. The summed E-state index contributed by atoms with van der Waals surface area (Å²) in [6.45, 7) is 2.72. The van der Waals surface area contributed by atoms with Gasteiger partial charge in [0.05, 0.1) is 18.2 Å². The lowest BCUT2D eigenvalue weighted by atomic mass is 10.2. The van der Waals surface area contributed by atoms with E-state index < -0.39 is 0 Å². The van der Waals surface area contributed by atoms with Gasteiger partial charge in [-0.1, -0.05) is 23.2 Å². The third kappa shape index (κ3) is 3.18. The van der Waals surface area contributed by atoms with Gasteiger partial charge in [0, 0.05) is 23.7 Å². The summed E-state index contributed by atoms with van der Waals surface area (Å²) in [7, 11) is 0. The normalized spacial score (nSPS) is 15.2. The second kappa shape index (κ2) is 6.01. The molecule has 0 amide bonds. The van der Waals surface area contributed by atoms with E-state index in [-0.39, 0.29) is 5.95 Å². The van der Waals surface area contributed by atoms with Crippen LogP contribution in [-0.2, 0) is 4.74 Å². The van der Waals surface area contributed by atoms with Crippen molar-refractivity contribution >= 4 is 35.1 Å². The van der Waals surface area contributed by atoms with Crippen molar-refractivity contribution in [2.24, 2.45) is 0 Å². The maximum atomic E-state index is 6.20. The number of hydrogen-bond acceptors (Lipinski definition) is 6. The molecule has 1 aromatic carbocycles. The van der Waals surface area contributed by atoms with Crippen LogP contribution in [0, 0.1) is 0 Å². The first-order valence-electron chi connectivity index (χ1n) is 6.43. The van der Waals surface area contributed by atoms with Crippen LogP contribution in [0.15, 0.2) is 18.2 Å². The van der Waals surface area contributed by atoms with Gasteiger partial charge in [-0.15, -0.1) is 0 Å². The number of nitrogen functional groups attached to an aromatic ring is 1. The number of anilines is 2. The highest BCUT2D eigenvalue weighted by Gasteiger charge is 2.17. The number of nitrogens with two attached hydrogens (primary N) is 1. The summed E-state index contributed by atoms with van der Waals surface area (Å²) in [4.78, 5) is 14.8. The molecule has 2 heterocycles. The maximum Gasteiger partial charge on any atom is 0.230 e. The summed E-state index contributed by atoms with van der Waals surface area (Å²) < 4.78 is 5.32. The first kappa shape index (κ1) is 14.3. The van der Waals surface area contributed by atoms with Crippen molar-refractivity contribution in [1.82, 2.24) is 15.0 Å². The summed E-state index contributed by atoms with van der Waals surface area (Å²) in [5.41, 5.74) is 6.47. The average Bonchev–Trinajstić information content (AvgIpc) is 2.47. The number of rotatable bonds is 2. The molecule has 0 unspecified atom stereocenters. The summed E-state index contributed by atoms with van der Waals surface area (Å²) >= 11 is 12.1. The van der Waals surface area contributed by atoms with Crippen molar-refractivity contribution in [2.45, 2.75) is 0 Å². The largest absolute Gasteiger partial charge is 0.378 e.